The van der Waals surface area contributed by atoms with Crippen LogP contribution < -0.4 is 5.73 Å². The first-order valence-corrected chi connectivity index (χ1v) is 10.1. The molecule has 1 heterocycles. The topological polar surface area (TPSA) is 101 Å². The molecule has 0 spiro atoms. The van der Waals surface area contributed by atoms with Gasteiger partial charge in [-0.15, -0.1) is 0 Å². The van der Waals surface area contributed by atoms with Gasteiger partial charge in [-0.25, -0.2) is 0 Å². The van der Waals surface area contributed by atoms with E-state index in [4.69, 9.17) is 14.8 Å². The summed E-state index contributed by atoms with van der Waals surface area (Å²) in [4.78, 5) is 24.1. The van der Waals surface area contributed by atoms with E-state index in [9.17, 15) is 14.2 Å². The van der Waals surface area contributed by atoms with Gasteiger partial charge in [-0.2, -0.15) is 0 Å². The third-order valence-electron chi connectivity index (χ3n) is 4.50. The Morgan fingerprint density at radius 3 is 2.36 bits per heavy atom. The molecule has 1 aromatic heterocycles. The molecule has 1 amide bonds. The molecule has 2 aromatic carbocycles. The van der Waals surface area contributed by atoms with E-state index in [1.165, 1.54) is 0 Å². The van der Waals surface area contributed by atoms with Crippen LogP contribution >= 0.6 is 7.60 Å². The largest absolute Gasteiger partial charge is 0.401 e. The molecule has 8 heteroatoms. The second-order valence-electron chi connectivity index (χ2n) is 6.31. The smallest absolute Gasteiger partial charge is 0.369 e. The number of rotatable bonds is 8. The Hall–Kier alpha value is -2.73. The zero-order chi connectivity index (χ0) is 20.3. The van der Waals surface area contributed by atoms with E-state index in [2.05, 4.69) is 0 Å². The summed E-state index contributed by atoms with van der Waals surface area (Å²) in [5.74, 6) is -0.477. The molecule has 0 aliphatic heterocycles. The molecule has 2 N–H and O–H groups in total. The Labute approximate surface area is 162 Å². The summed E-state index contributed by atoms with van der Waals surface area (Å²) < 4.78 is 24.0. The summed E-state index contributed by atoms with van der Waals surface area (Å²) in [6.45, 7) is 0.595. The lowest BCUT2D eigenvalue weighted by atomic mass is 10.1. The molecule has 28 heavy (non-hydrogen) atoms. The summed E-state index contributed by atoms with van der Waals surface area (Å²) in [7, 11) is -1.58. The minimum atomic E-state index is -3.90. The van der Waals surface area contributed by atoms with E-state index in [1.54, 1.807) is 18.2 Å². The van der Waals surface area contributed by atoms with Gasteiger partial charge < -0.3 is 19.3 Å². The number of carbonyl (C=O) groups excluding carboxylic acids is 2. The third-order valence-corrected chi connectivity index (χ3v) is 6.22. The van der Waals surface area contributed by atoms with Crippen molar-refractivity contribution in [2.75, 3.05) is 14.2 Å². The van der Waals surface area contributed by atoms with E-state index < -0.39 is 19.0 Å². The van der Waals surface area contributed by atoms with E-state index in [0.717, 1.165) is 25.3 Å². The number of amides is 1. The average molecular weight is 400 g/mol. The van der Waals surface area contributed by atoms with Crippen molar-refractivity contribution in [2.45, 2.75) is 13.0 Å². The Kier molecular flexibility index (Phi) is 5.79. The van der Waals surface area contributed by atoms with Crippen LogP contribution in [0, 0.1) is 0 Å². The average Bonchev–Trinajstić information content (AvgIpc) is 3.03. The number of nitrogens with two attached hydrogens (primary N) is 1. The Morgan fingerprint density at radius 2 is 1.75 bits per heavy atom. The summed E-state index contributed by atoms with van der Waals surface area (Å²) in [6.07, 6.45) is 1.88. The number of hydrogen-bond donors (Lipinski definition) is 1. The third kappa shape index (κ3) is 3.92. The highest BCUT2D eigenvalue weighted by molar-refractivity contribution is 7.72. The Morgan fingerprint density at radius 1 is 1.07 bits per heavy atom. The molecule has 0 aliphatic rings. The second-order valence-corrected chi connectivity index (χ2v) is 8.44. The summed E-state index contributed by atoms with van der Waals surface area (Å²) >= 11 is 0. The fourth-order valence-corrected chi connectivity index (χ4v) is 4.08. The number of fused-ring (bicyclic) bond motifs is 1. The highest BCUT2D eigenvalue weighted by Gasteiger charge is 2.33. The molecule has 0 saturated heterocycles. The highest BCUT2D eigenvalue weighted by Crippen LogP contribution is 2.49. The number of nitrogens with zero attached hydrogens (tertiary/aromatic N) is 1. The lowest BCUT2D eigenvalue weighted by Crippen LogP contribution is -2.13. The van der Waals surface area contributed by atoms with Gasteiger partial charge in [0.1, 0.15) is 0 Å². The van der Waals surface area contributed by atoms with Crippen molar-refractivity contribution >= 4 is 29.9 Å². The van der Waals surface area contributed by atoms with Crippen molar-refractivity contribution in [1.82, 2.24) is 4.57 Å². The molecule has 0 atom stereocenters. The van der Waals surface area contributed by atoms with Crippen LogP contribution in [-0.2, 0) is 31.4 Å². The lowest BCUT2D eigenvalue weighted by molar-refractivity contribution is -0.117. The minimum absolute atomic E-state index is 0.0299. The summed E-state index contributed by atoms with van der Waals surface area (Å²) in [6, 6.07) is 14.8. The van der Waals surface area contributed by atoms with Crippen molar-refractivity contribution in [3.8, 4) is 0 Å². The van der Waals surface area contributed by atoms with Crippen molar-refractivity contribution in [2.24, 2.45) is 5.73 Å². The van der Waals surface area contributed by atoms with Crippen LogP contribution in [0.2, 0.25) is 0 Å². The number of benzene rings is 2. The van der Waals surface area contributed by atoms with Crippen LogP contribution in [0.15, 0.2) is 54.7 Å². The van der Waals surface area contributed by atoms with Gasteiger partial charge in [0.15, 0.2) is 0 Å². The quantitative estimate of drug-likeness (QED) is 0.585. The van der Waals surface area contributed by atoms with E-state index in [-0.39, 0.29) is 12.0 Å². The number of primary amides is 1. The van der Waals surface area contributed by atoms with Crippen LogP contribution in [0.5, 0.6) is 0 Å². The second kappa shape index (κ2) is 8.10. The minimum Gasteiger partial charge on any atom is -0.369 e. The van der Waals surface area contributed by atoms with Gasteiger partial charge in [-0.05, 0) is 29.3 Å². The number of carbonyl (C=O) groups is 2. The maximum atomic E-state index is 12.6. The number of hydrogen-bond acceptors (Lipinski definition) is 5. The molecule has 0 radical (unpaired) electrons. The van der Waals surface area contributed by atoms with E-state index in [0.29, 0.717) is 17.5 Å². The van der Waals surface area contributed by atoms with Gasteiger partial charge >= 0.3 is 7.60 Å². The normalized spacial score (nSPS) is 11.6. The molecule has 0 aliphatic carbocycles. The number of aromatic nitrogens is 1. The SMILES string of the molecule is COP(=O)(OC)C(=O)c1ccc2c(c1)c(CC(N)=O)cn2Cc1ccccc1. The Balaban J connectivity index is 2.09. The van der Waals surface area contributed by atoms with Crippen molar-refractivity contribution < 1.29 is 23.2 Å². The van der Waals surface area contributed by atoms with Crippen LogP contribution in [0.4, 0.5) is 0 Å². The first-order chi connectivity index (χ1) is 13.4. The lowest BCUT2D eigenvalue weighted by Gasteiger charge is -2.12. The monoisotopic (exact) mass is 400 g/mol. The van der Waals surface area contributed by atoms with Gasteiger partial charge in [0.05, 0.1) is 6.42 Å². The first-order valence-electron chi connectivity index (χ1n) is 8.58. The molecule has 3 rings (SSSR count). The maximum absolute atomic E-state index is 12.6. The zero-order valence-electron chi connectivity index (χ0n) is 15.6. The maximum Gasteiger partial charge on any atom is 0.401 e. The molecule has 0 fully saturated rings. The molecule has 0 saturated carbocycles. The predicted molar refractivity (Wildman–Crippen MR) is 106 cm³/mol. The van der Waals surface area contributed by atoms with Crippen LogP contribution in [0.1, 0.15) is 21.5 Å². The van der Waals surface area contributed by atoms with Crippen molar-refractivity contribution in [3.63, 3.8) is 0 Å². The van der Waals surface area contributed by atoms with E-state index in [1.807, 2.05) is 41.1 Å². The fourth-order valence-electron chi connectivity index (χ4n) is 3.14. The predicted octanol–water partition coefficient (Wildman–Crippen LogP) is 3.34. The molecular formula is C20H21N2O5P. The highest BCUT2D eigenvalue weighted by atomic mass is 31.2. The van der Waals surface area contributed by atoms with Crippen molar-refractivity contribution in [3.05, 3.63) is 71.4 Å². The van der Waals surface area contributed by atoms with Crippen LogP contribution in [0.25, 0.3) is 10.9 Å². The molecular weight excluding hydrogens is 379 g/mol. The Bertz CT molecular complexity index is 1070. The van der Waals surface area contributed by atoms with E-state index >= 15 is 0 Å². The van der Waals surface area contributed by atoms with Crippen LogP contribution in [0.3, 0.4) is 0 Å². The van der Waals surface area contributed by atoms with Crippen LogP contribution in [-0.4, -0.2) is 30.2 Å². The fraction of sp³-hybridized carbons (Fsp3) is 0.200. The van der Waals surface area contributed by atoms with Gasteiger partial charge in [0.2, 0.25) is 5.91 Å². The zero-order valence-corrected chi connectivity index (χ0v) is 16.5. The van der Waals surface area contributed by atoms with Gasteiger partial charge in [-0.3, -0.25) is 14.2 Å². The standard InChI is InChI=1S/C20H21N2O5P/c1-26-28(25,27-2)20(24)15-8-9-18-17(10-15)16(11-19(21)23)13-22(18)12-14-6-4-3-5-7-14/h3-10,13H,11-12H2,1-2H3,(H2,21,23). The molecule has 7 nitrogen and oxygen atoms in total. The molecule has 146 valence electrons. The van der Waals surface area contributed by atoms with Gasteiger partial charge in [0.25, 0.3) is 5.52 Å². The molecule has 3 aromatic rings. The van der Waals surface area contributed by atoms with Gasteiger partial charge in [0, 0.05) is 43.4 Å². The van der Waals surface area contributed by atoms with Gasteiger partial charge in [-0.1, -0.05) is 30.3 Å². The summed E-state index contributed by atoms with van der Waals surface area (Å²) in [5.41, 5.74) is 7.45. The molecule has 0 unspecified atom stereocenters. The summed E-state index contributed by atoms with van der Waals surface area (Å²) in [5, 5.41) is 0.694. The first kappa shape index (κ1) is 20.0. The van der Waals surface area contributed by atoms with Crippen molar-refractivity contribution in [1.29, 1.82) is 0 Å². The molecule has 0 bridgehead atoms.